The van der Waals surface area contributed by atoms with Crippen molar-refractivity contribution in [2.45, 2.75) is 26.3 Å². The smallest absolute Gasteiger partial charge is 0.266 e. The maximum atomic E-state index is 14.8. The van der Waals surface area contributed by atoms with Crippen molar-refractivity contribution in [1.29, 1.82) is 0 Å². The van der Waals surface area contributed by atoms with E-state index in [2.05, 4.69) is 30.8 Å². The molecule has 1 unspecified atom stereocenters. The maximum absolute atomic E-state index is 14.8. The fourth-order valence-electron chi connectivity index (χ4n) is 3.47. The lowest BCUT2D eigenvalue weighted by molar-refractivity contribution is 0.0829. The highest BCUT2D eigenvalue weighted by Gasteiger charge is 2.27. The highest BCUT2D eigenvalue weighted by molar-refractivity contribution is 6.11. The zero-order valence-electron chi connectivity index (χ0n) is 17.6. The van der Waals surface area contributed by atoms with Gasteiger partial charge in [0.25, 0.3) is 12.3 Å². The number of aromatic nitrogens is 6. The number of fused-ring (bicyclic) bond motifs is 3. The second-order valence-electron chi connectivity index (χ2n) is 7.44. The Balaban J connectivity index is 1.96. The number of hydrogen-bond donors (Lipinski definition) is 1. The first kappa shape index (κ1) is 21.4. The number of nitrogens with one attached hydrogen (secondary N) is 1. The highest BCUT2D eigenvalue weighted by Crippen LogP contribution is 2.34. The van der Waals surface area contributed by atoms with Gasteiger partial charge in [0.1, 0.15) is 17.2 Å². The predicted molar refractivity (Wildman–Crippen MR) is 110 cm³/mol. The van der Waals surface area contributed by atoms with Crippen molar-refractivity contribution in [2.24, 2.45) is 0 Å². The van der Waals surface area contributed by atoms with Crippen LogP contribution < -0.4 is 5.32 Å². The van der Waals surface area contributed by atoms with E-state index in [0.29, 0.717) is 16.9 Å². The van der Waals surface area contributed by atoms with E-state index in [-0.39, 0.29) is 22.5 Å². The van der Waals surface area contributed by atoms with E-state index in [0.717, 1.165) is 6.07 Å². The van der Waals surface area contributed by atoms with Crippen LogP contribution in [0.15, 0.2) is 24.4 Å². The van der Waals surface area contributed by atoms with E-state index in [1.807, 2.05) is 0 Å². The molecule has 4 rings (SSSR count). The van der Waals surface area contributed by atoms with Gasteiger partial charge in [0.05, 0.1) is 22.7 Å². The van der Waals surface area contributed by atoms with Crippen LogP contribution in [0.4, 0.5) is 18.9 Å². The van der Waals surface area contributed by atoms with Gasteiger partial charge in [-0.1, -0.05) is 18.2 Å². The van der Waals surface area contributed by atoms with Crippen molar-refractivity contribution < 1.29 is 18.0 Å². The molecule has 1 aromatic carbocycles. The van der Waals surface area contributed by atoms with Crippen LogP contribution in [-0.2, 0) is 0 Å². The van der Waals surface area contributed by atoms with Crippen LogP contribution in [0.25, 0.3) is 16.7 Å². The van der Waals surface area contributed by atoms with Gasteiger partial charge in [-0.2, -0.15) is 4.52 Å². The van der Waals surface area contributed by atoms with Gasteiger partial charge >= 0.3 is 0 Å². The largest absolute Gasteiger partial charge is 0.377 e. The van der Waals surface area contributed by atoms with E-state index in [4.69, 9.17) is 0 Å². The van der Waals surface area contributed by atoms with Gasteiger partial charge in [-0.25, -0.2) is 23.1 Å². The number of alkyl halides is 2. The van der Waals surface area contributed by atoms with E-state index in [9.17, 15) is 18.0 Å². The number of carbonyl (C=O) groups excluding carboxylic acids is 1. The molecule has 1 atom stereocenters. The Kier molecular flexibility index (Phi) is 5.36. The zero-order chi connectivity index (χ0) is 23.2. The Morgan fingerprint density at radius 1 is 1.19 bits per heavy atom. The van der Waals surface area contributed by atoms with Gasteiger partial charge in [0.15, 0.2) is 11.3 Å². The van der Waals surface area contributed by atoms with Gasteiger partial charge < -0.3 is 10.2 Å². The third-order valence-corrected chi connectivity index (χ3v) is 5.04. The number of aryl methyl sites for hydroxylation is 1. The molecule has 166 valence electrons. The first-order valence-electron chi connectivity index (χ1n) is 9.62. The summed E-state index contributed by atoms with van der Waals surface area (Å²) in [7, 11) is 3.13. The minimum atomic E-state index is -2.95. The van der Waals surface area contributed by atoms with Crippen LogP contribution in [-0.4, -0.2) is 54.9 Å². The third-order valence-electron chi connectivity index (χ3n) is 5.04. The lowest BCUT2D eigenvalue weighted by Crippen LogP contribution is -2.25. The molecule has 0 saturated carbocycles. The van der Waals surface area contributed by atoms with Gasteiger partial charge in [0, 0.05) is 25.9 Å². The molecule has 0 saturated heterocycles. The number of halogens is 3. The van der Waals surface area contributed by atoms with Gasteiger partial charge in [-0.15, -0.1) is 5.10 Å². The van der Waals surface area contributed by atoms with E-state index in [1.165, 1.54) is 27.7 Å². The summed E-state index contributed by atoms with van der Waals surface area (Å²) >= 11 is 0. The summed E-state index contributed by atoms with van der Waals surface area (Å²) in [5.74, 6) is -0.968. The highest BCUT2D eigenvalue weighted by atomic mass is 19.3. The molecule has 12 heteroatoms. The molecule has 0 bridgehead atoms. The molecule has 4 aromatic rings. The van der Waals surface area contributed by atoms with Crippen LogP contribution >= 0.6 is 0 Å². The summed E-state index contributed by atoms with van der Waals surface area (Å²) in [4.78, 5) is 23.0. The number of anilines is 1. The van der Waals surface area contributed by atoms with Gasteiger partial charge in [-0.05, 0) is 24.3 Å². The van der Waals surface area contributed by atoms with Crippen LogP contribution in [0.1, 0.15) is 46.7 Å². The standard InChI is InChI=1S/C20H19F3N8O/c1-9(11-6-5-7-12(15(11)21)17(22)23)25-16-13-8-24-10(2)26-18(13)31-19(27-28-29-31)14(16)20(32)30(3)4/h5-9,17,25H,1-4H3. The van der Waals surface area contributed by atoms with Crippen LogP contribution in [0.2, 0.25) is 0 Å². The molecule has 0 fully saturated rings. The Bertz CT molecular complexity index is 1340. The second-order valence-corrected chi connectivity index (χ2v) is 7.44. The maximum Gasteiger partial charge on any atom is 0.266 e. The minimum absolute atomic E-state index is 0.0201. The monoisotopic (exact) mass is 444 g/mol. The van der Waals surface area contributed by atoms with Crippen molar-refractivity contribution in [1.82, 2.24) is 34.9 Å². The number of tetrazole rings is 1. The SMILES string of the molecule is Cc1ncc2c(NC(C)c3cccc(C(F)F)c3F)c(C(=O)N(C)C)c3nnnn3c2n1. The molecule has 0 spiro atoms. The Morgan fingerprint density at radius 2 is 1.91 bits per heavy atom. The average molecular weight is 444 g/mol. The van der Waals surface area contributed by atoms with Crippen molar-refractivity contribution in [3.8, 4) is 0 Å². The fourth-order valence-corrected chi connectivity index (χ4v) is 3.47. The summed E-state index contributed by atoms with van der Waals surface area (Å²) in [6, 6.07) is 3.02. The molecule has 1 N–H and O–H groups in total. The number of carbonyl (C=O) groups is 1. The molecule has 3 aromatic heterocycles. The molecular formula is C20H19F3N8O. The topological polar surface area (TPSA) is 101 Å². The quantitative estimate of drug-likeness (QED) is 0.504. The lowest BCUT2D eigenvalue weighted by atomic mass is 10.0. The number of amides is 1. The lowest BCUT2D eigenvalue weighted by Gasteiger charge is -2.22. The average Bonchev–Trinajstić information content (AvgIpc) is 3.23. The third kappa shape index (κ3) is 3.47. The van der Waals surface area contributed by atoms with Crippen LogP contribution in [0.5, 0.6) is 0 Å². The molecule has 32 heavy (non-hydrogen) atoms. The van der Waals surface area contributed by atoms with Crippen LogP contribution in [0.3, 0.4) is 0 Å². The van der Waals surface area contributed by atoms with Gasteiger partial charge in [-0.3, -0.25) is 4.79 Å². The molecule has 3 heterocycles. The zero-order valence-corrected chi connectivity index (χ0v) is 17.6. The summed E-state index contributed by atoms with van der Waals surface area (Å²) < 4.78 is 42.5. The van der Waals surface area contributed by atoms with E-state index in [1.54, 1.807) is 27.9 Å². The number of benzene rings is 1. The van der Waals surface area contributed by atoms with Crippen LogP contribution in [0, 0.1) is 12.7 Å². The van der Waals surface area contributed by atoms with Crippen molar-refractivity contribution in [3.05, 3.63) is 52.7 Å². The fraction of sp³-hybridized carbons (Fsp3) is 0.300. The van der Waals surface area contributed by atoms with E-state index < -0.39 is 29.8 Å². The summed E-state index contributed by atoms with van der Waals surface area (Å²) in [6.07, 6.45) is -1.45. The molecular weight excluding hydrogens is 425 g/mol. The molecule has 1 amide bonds. The first-order chi connectivity index (χ1) is 15.2. The summed E-state index contributed by atoms with van der Waals surface area (Å²) in [6.45, 7) is 3.29. The minimum Gasteiger partial charge on any atom is -0.377 e. The Hall–Kier alpha value is -3.83. The number of hydrogen-bond acceptors (Lipinski definition) is 7. The predicted octanol–water partition coefficient (Wildman–Crippen LogP) is 3.33. The van der Waals surface area contributed by atoms with Crippen molar-refractivity contribution in [2.75, 3.05) is 19.4 Å². The molecule has 0 aliphatic rings. The normalized spacial score (nSPS) is 12.5. The number of nitrogens with zero attached hydrogens (tertiary/aromatic N) is 7. The second kappa shape index (κ2) is 8.02. The summed E-state index contributed by atoms with van der Waals surface area (Å²) in [5, 5.41) is 15.1. The Morgan fingerprint density at radius 3 is 2.59 bits per heavy atom. The molecule has 0 aliphatic carbocycles. The van der Waals surface area contributed by atoms with Gasteiger partial charge in [0.2, 0.25) is 0 Å². The van der Waals surface area contributed by atoms with E-state index >= 15 is 0 Å². The van der Waals surface area contributed by atoms with Crippen molar-refractivity contribution >= 4 is 28.3 Å². The number of pyridine rings is 1. The van der Waals surface area contributed by atoms with Crippen molar-refractivity contribution in [3.63, 3.8) is 0 Å². The molecule has 0 aliphatic heterocycles. The number of rotatable bonds is 5. The first-order valence-corrected chi connectivity index (χ1v) is 9.62. The molecule has 0 radical (unpaired) electrons. The summed E-state index contributed by atoms with van der Waals surface area (Å²) in [5.41, 5.74) is 0.205. The molecule has 9 nitrogen and oxygen atoms in total. The Labute approximate surface area is 180 Å².